The highest BCUT2D eigenvalue weighted by Gasteiger charge is 2.22. The monoisotopic (exact) mass is 447 g/mol. The predicted molar refractivity (Wildman–Crippen MR) is 120 cm³/mol. The molecule has 0 radical (unpaired) electrons. The minimum absolute atomic E-state index is 0.0166. The molecule has 1 unspecified atom stereocenters. The lowest BCUT2D eigenvalue weighted by Crippen LogP contribution is -2.46. The van der Waals surface area contributed by atoms with Crippen LogP contribution in [0.5, 0.6) is 5.75 Å². The molecular formula is C22H29N3O5S. The maximum Gasteiger partial charge on any atom is 0.261 e. The molecular weight excluding hydrogens is 418 g/mol. The van der Waals surface area contributed by atoms with E-state index < -0.39 is 22.0 Å². The molecule has 2 amide bonds. The van der Waals surface area contributed by atoms with E-state index in [0.29, 0.717) is 24.5 Å². The molecule has 0 spiro atoms. The van der Waals surface area contributed by atoms with Gasteiger partial charge in [-0.05, 0) is 67.8 Å². The Hall–Kier alpha value is -3.07. The molecule has 1 atom stereocenters. The van der Waals surface area contributed by atoms with Gasteiger partial charge in [-0.3, -0.25) is 14.3 Å². The fourth-order valence-corrected chi connectivity index (χ4v) is 3.96. The average Bonchev–Trinajstić information content (AvgIpc) is 2.73. The summed E-state index contributed by atoms with van der Waals surface area (Å²) in [6, 6.07) is 11.4. The fourth-order valence-electron chi connectivity index (χ4n) is 2.90. The zero-order valence-corrected chi connectivity index (χ0v) is 19.0. The quantitative estimate of drug-likeness (QED) is 0.518. The number of sulfonamides is 1. The molecule has 168 valence electrons. The van der Waals surface area contributed by atoms with Crippen LogP contribution >= 0.6 is 0 Å². The van der Waals surface area contributed by atoms with Gasteiger partial charge in [-0.25, -0.2) is 8.42 Å². The zero-order valence-electron chi connectivity index (χ0n) is 18.1. The number of benzene rings is 2. The van der Waals surface area contributed by atoms with Crippen LogP contribution in [0.3, 0.4) is 0 Å². The molecule has 9 heteroatoms. The molecule has 0 fully saturated rings. The summed E-state index contributed by atoms with van der Waals surface area (Å²) in [5, 5.41) is 5.24. The van der Waals surface area contributed by atoms with Crippen LogP contribution in [-0.2, 0) is 14.8 Å². The normalized spacial score (nSPS) is 12.2. The number of nitrogens with one attached hydrogen (secondary N) is 3. The van der Waals surface area contributed by atoms with E-state index in [2.05, 4.69) is 15.4 Å². The van der Waals surface area contributed by atoms with Gasteiger partial charge < -0.3 is 15.4 Å². The number of hydrogen-bond donors (Lipinski definition) is 3. The van der Waals surface area contributed by atoms with E-state index in [1.165, 1.54) is 31.3 Å². The van der Waals surface area contributed by atoms with Crippen LogP contribution in [0.1, 0.15) is 37.6 Å². The van der Waals surface area contributed by atoms with Gasteiger partial charge >= 0.3 is 0 Å². The standard InChI is InChI=1S/C22H29N3O5S/c1-5-30-18-10-8-17(9-11-18)25-31(28,29)19-12-6-16(7-13-19)21(26)24-20(14-15(2)3)22(27)23-4/h6-13,15,20,25H,5,14H2,1-4H3,(H,23,27)(H,24,26). The van der Waals surface area contributed by atoms with Crippen LogP contribution in [0.15, 0.2) is 53.4 Å². The van der Waals surface area contributed by atoms with Crippen molar-refractivity contribution in [3.8, 4) is 5.75 Å². The summed E-state index contributed by atoms with van der Waals surface area (Å²) in [5.74, 6) is 0.135. The van der Waals surface area contributed by atoms with Crippen molar-refractivity contribution in [2.24, 2.45) is 5.92 Å². The van der Waals surface area contributed by atoms with E-state index in [9.17, 15) is 18.0 Å². The summed E-state index contributed by atoms with van der Waals surface area (Å²) in [6.45, 7) is 6.30. The summed E-state index contributed by atoms with van der Waals surface area (Å²) in [5.41, 5.74) is 0.657. The molecule has 0 aromatic heterocycles. The number of rotatable bonds is 10. The van der Waals surface area contributed by atoms with Crippen LogP contribution in [-0.4, -0.2) is 39.9 Å². The van der Waals surface area contributed by atoms with E-state index in [-0.39, 0.29) is 22.3 Å². The topological polar surface area (TPSA) is 114 Å². The Morgan fingerprint density at radius 1 is 1.00 bits per heavy atom. The second kappa shape index (κ2) is 10.8. The van der Waals surface area contributed by atoms with Crippen molar-refractivity contribution in [1.82, 2.24) is 10.6 Å². The second-order valence-corrected chi connectivity index (χ2v) is 9.04. The van der Waals surface area contributed by atoms with Gasteiger partial charge in [-0.1, -0.05) is 13.8 Å². The first-order valence-electron chi connectivity index (χ1n) is 10.0. The minimum atomic E-state index is -3.82. The van der Waals surface area contributed by atoms with E-state index in [0.717, 1.165) is 0 Å². The van der Waals surface area contributed by atoms with Crippen LogP contribution in [0.2, 0.25) is 0 Å². The van der Waals surface area contributed by atoms with Crippen molar-refractivity contribution in [3.63, 3.8) is 0 Å². The highest BCUT2D eigenvalue weighted by molar-refractivity contribution is 7.92. The maximum atomic E-state index is 12.6. The van der Waals surface area contributed by atoms with Crippen LogP contribution in [0.25, 0.3) is 0 Å². The Morgan fingerprint density at radius 2 is 1.61 bits per heavy atom. The Balaban J connectivity index is 2.10. The first-order chi connectivity index (χ1) is 14.7. The van der Waals surface area contributed by atoms with E-state index >= 15 is 0 Å². The van der Waals surface area contributed by atoms with Crippen molar-refractivity contribution in [2.75, 3.05) is 18.4 Å². The number of carbonyl (C=O) groups is 2. The lowest BCUT2D eigenvalue weighted by atomic mass is 10.0. The van der Waals surface area contributed by atoms with Gasteiger partial charge in [0.25, 0.3) is 15.9 Å². The Morgan fingerprint density at radius 3 is 2.13 bits per heavy atom. The van der Waals surface area contributed by atoms with Crippen molar-refractivity contribution in [3.05, 3.63) is 54.1 Å². The molecule has 0 aliphatic carbocycles. The van der Waals surface area contributed by atoms with Crippen molar-refractivity contribution in [1.29, 1.82) is 0 Å². The smallest absolute Gasteiger partial charge is 0.261 e. The number of anilines is 1. The van der Waals surface area contributed by atoms with Crippen molar-refractivity contribution in [2.45, 2.75) is 38.1 Å². The number of amides is 2. The third kappa shape index (κ3) is 6.99. The molecule has 0 aliphatic heterocycles. The molecule has 2 aromatic carbocycles. The molecule has 8 nitrogen and oxygen atoms in total. The van der Waals surface area contributed by atoms with Gasteiger partial charge in [0.05, 0.1) is 11.5 Å². The molecule has 2 rings (SSSR count). The van der Waals surface area contributed by atoms with Gasteiger partial charge in [0.2, 0.25) is 5.91 Å². The summed E-state index contributed by atoms with van der Waals surface area (Å²) < 4.78 is 33.1. The molecule has 0 bridgehead atoms. The van der Waals surface area contributed by atoms with E-state index in [1.54, 1.807) is 24.3 Å². The molecule has 0 saturated carbocycles. The molecule has 2 aromatic rings. The number of likely N-dealkylation sites (N-methyl/N-ethyl adjacent to an activating group) is 1. The molecule has 3 N–H and O–H groups in total. The van der Waals surface area contributed by atoms with Gasteiger partial charge in [0, 0.05) is 18.3 Å². The summed E-state index contributed by atoms with van der Waals surface area (Å²) in [6.07, 6.45) is 0.490. The third-order valence-corrected chi connectivity index (χ3v) is 5.82. The second-order valence-electron chi connectivity index (χ2n) is 7.36. The number of hydrogen-bond acceptors (Lipinski definition) is 5. The maximum absolute atomic E-state index is 12.6. The van der Waals surface area contributed by atoms with Crippen LogP contribution in [0, 0.1) is 5.92 Å². The van der Waals surface area contributed by atoms with Crippen LogP contribution in [0.4, 0.5) is 5.69 Å². The number of carbonyl (C=O) groups excluding carboxylic acids is 2. The van der Waals surface area contributed by atoms with Gasteiger partial charge in [0.1, 0.15) is 11.8 Å². The Labute approximate surface area is 183 Å². The minimum Gasteiger partial charge on any atom is -0.494 e. The van der Waals surface area contributed by atoms with Gasteiger partial charge in [-0.15, -0.1) is 0 Å². The highest BCUT2D eigenvalue weighted by Crippen LogP contribution is 2.20. The SMILES string of the molecule is CCOc1ccc(NS(=O)(=O)c2ccc(C(=O)NC(CC(C)C)C(=O)NC)cc2)cc1. The molecule has 0 saturated heterocycles. The van der Waals surface area contributed by atoms with E-state index in [1.807, 2.05) is 20.8 Å². The van der Waals surface area contributed by atoms with Gasteiger partial charge in [0.15, 0.2) is 0 Å². The lowest BCUT2D eigenvalue weighted by molar-refractivity contribution is -0.122. The highest BCUT2D eigenvalue weighted by atomic mass is 32.2. The molecule has 0 aliphatic rings. The molecule has 0 heterocycles. The molecule has 31 heavy (non-hydrogen) atoms. The first-order valence-corrected chi connectivity index (χ1v) is 11.5. The van der Waals surface area contributed by atoms with Gasteiger partial charge in [-0.2, -0.15) is 0 Å². The summed E-state index contributed by atoms with van der Waals surface area (Å²) >= 11 is 0. The predicted octanol–water partition coefficient (Wildman–Crippen LogP) is 2.78. The first kappa shape index (κ1) is 24.2. The Kier molecular flexibility index (Phi) is 8.44. The van der Waals surface area contributed by atoms with Crippen molar-refractivity contribution < 1.29 is 22.7 Å². The third-order valence-electron chi connectivity index (χ3n) is 4.42. The zero-order chi connectivity index (χ0) is 23.0. The lowest BCUT2D eigenvalue weighted by Gasteiger charge is -2.19. The Bertz CT molecular complexity index is 987. The van der Waals surface area contributed by atoms with E-state index in [4.69, 9.17) is 4.74 Å². The fraction of sp³-hybridized carbons (Fsp3) is 0.364. The summed E-state index contributed by atoms with van der Waals surface area (Å²) in [7, 11) is -2.31. The number of ether oxygens (including phenoxy) is 1. The average molecular weight is 448 g/mol. The van der Waals surface area contributed by atoms with Crippen LogP contribution < -0.4 is 20.1 Å². The van der Waals surface area contributed by atoms with Crippen molar-refractivity contribution >= 4 is 27.5 Å². The summed E-state index contributed by atoms with van der Waals surface area (Å²) in [4.78, 5) is 24.6. The largest absolute Gasteiger partial charge is 0.494 e.